The van der Waals surface area contributed by atoms with Crippen LogP contribution >= 0.6 is 0 Å². The fraction of sp³-hybridized carbons (Fsp3) is 0.591. The molecule has 4 aliphatic rings. The van der Waals surface area contributed by atoms with E-state index in [1.54, 1.807) is 6.20 Å². The molecule has 9 heteroatoms. The van der Waals surface area contributed by atoms with Crippen LogP contribution in [-0.2, 0) is 10.2 Å². The van der Waals surface area contributed by atoms with Crippen LogP contribution in [0.25, 0.3) is 11.3 Å². The van der Waals surface area contributed by atoms with E-state index < -0.39 is 6.61 Å². The van der Waals surface area contributed by atoms with Crippen LogP contribution in [0.3, 0.4) is 0 Å². The summed E-state index contributed by atoms with van der Waals surface area (Å²) in [4.78, 5) is 16.4. The van der Waals surface area contributed by atoms with Gasteiger partial charge in [-0.05, 0) is 50.5 Å². The second-order valence-corrected chi connectivity index (χ2v) is 9.35. The number of anilines is 2. The lowest BCUT2D eigenvalue weighted by atomic mass is 9.83. The molecule has 0 spiro atoms. The molecule has 0 radical (unpaired) electrons. The third kappa shape index (κ3) is 3.21. The van der Waals surface area contributed by atoms with Crippen molar-refractivity contribution in [2.24, 2.45) is 5.92 Å². The predicted molar refractivity (Wildman–Crippen MR) is 110 cm³/mol. The summed E-state index contributed by atoms with van der Waals surface area (Å²) in [7, 11) is 0. The van der Waals surface area contributed by atoms with Gasteiger partial charge in [-0.25, -0.2) is 15.0 Å². The van der Waals surface area contributed by atoms with E-state index >= 15 is 0 Å². The minimum absolute atomic E-state index is 0.0220. The van der Waals surface area contributed by atoms with E-state index in [9.17, 15) is 8.78 Å². The second-order valence-electron chi connectivity index (χ2n) is 9.35. The Bertz CT molecular complexity index is 1010. The Morgan fingerprint density at radius 1 is 1.23 bits per heavy atom. The normalized spacial score (nSPS) is 31.2. The van der Waals surface area contributed by atoms with Gasteiger partial charge < -0.3 is 20.1 Å². The average molecular weight is 429 g/mol. The number of pyridine rings is 1. The van der Waals surface area contributed by atoms with Crippen LogP contribution in [0.5, 0.6) is 5.75 Å². The van der Waals surface area contributed by atoms with Crippen molar-refractivity contribution in [1.82, 2.24) is 15.0 Å². The van der Waals surface area contributed by atoms with Crippen molar-refractivity contribution < 1.29 is 18.3 Å². The molecule has 164 valence electrons. The number of nitrogen functional groups attached to an aromatic ring is 1. The number of nitrogens with zero attached hydrogens (tertiary/aromatic N) is 4. The lowest BCUT2D eigenvalue weighted by Gasteiger charge is -2.31. The summed E-state index contributed by atoms with van der Waals surface area (Å²) < 4.78 is 35.9. The molecule has 2 aromatic heterocycles. The van der Waals surface area contributed by atoms with Crippen LogP contribution in [0.2, 0.25) is 0 Å². The molecule has 0 amide bonds. The third-order valence-corrected chi connectivity index (χ3v) is 7.52. The zero-order valence-electron chi connectivity index (χ0n) is 17.1. The SMILES string of the molecule is Nc1ncc(-c2cc(N3CC4CC3CO4)nc(C34CCC(CC3)C4)n2)cc1OC(F)F. The van der Waals surface area contributed by atoms with Crippen LogP contribution in [-0.4, -0.2) is 46.9 Å². The molecule has 2 atom stereocenters. The van der Waals surface area contributed by atoms with Crippen LogP contribution in [0.1, 0.15) is 44.3 Å². The van der Waals surface area contributed by atoms with Crippen LogP contribution in [0.4, 0.5) is 20.4 Å². The van der Waals surface area contributed by atoms with Crippen molar-refractivity contribution >= 4 is 11.6 Å². The van der Waals surface area contributed by atoms with E-state index in [1.165, 1.54) is 18.9 Å². The fourth-order valence-corrected chi connectivity index (χ4v) is 5.94. The Balaban J connectivity index is 1.44. The second kappa shape index (κ2) is 6.98. The first-order valence-corrected chi connectivity index (χ1v) is 11.0. The smallest absolute Gasteiger partial charge is 0.387 e. The monoisotopic (exact) mass is 429 g/mol. The molecule has 4 fully saturated rings. The molecule has 4 bridgehead atoms. The minimum atomic E-state index is -2.97. The molecule has 2 aliphatic carbocycles. The molecule has 7 nitrogen and oxygen atoms in total. The molecular formula is C22H25F2N5O2. The molecule has 0 aromatic carbocycles. The maximum absolute atomic E-state index is 12.8. The van der Waals surface area contributed by atoms with Crippen LogP contribution < -0.4 is 15.4 Å². The topological polar surface area (TPSA) is 86.4 Å². The molecule has 4 heterocycles. The average Bonchev–Trinajstić information content (AvgIpc) is 3.56. The van der Waals surface area contributed by atoms with Gasteiger partial charge in [0.2, 0.25) is 0 Å². The minimum Gasteiger partial charge on any atom is -0.431 e. The highest BCUT2D eigenvalue weighted by molar-refractivity contribution is 5.67. The number of morpholine rings is 1. The maximum atomic E-state index is 12.8. The summed E-state index contributed by atoms with van der Waals surface area (Å²) in [6.07, 6.45) is 8.61. The predicted octanol–water partition coefficient (Wildman–Crippen LogP) is 3.53. The highest BCUT2D eigenvalue weighted by Crippen LogP contribution is 2.55. The molecule has 2 aromatic rings. The molecule has 2 aliphatic heterocycles. The zero-order valence-corrected chi connectivity index (χ0v) is 17.1. The number of nitrogens with two attached hydrogens (primary N) is 1. The van der Waals surface area contributed by atoms with Crippen molar-refractivity contribution in [3.8, 4) is 17.0 Å². The fourth-order valence-electron chi connectivity index (χ4n) is 5.94. The van der Waals surface area contributed by atoms with Gasteiger partial charge in [-0.15, -0.1) is 0 Å². The molecule has 2 N–H and O–H groups in total. The molecule has 2 unspecified atom stereocenters. The van der Waals surface area contributed by atoms with Gasteiger partial charge in [-0.1, -0.05) is 0 Å². The number of aromatic nitrogens is 3. The van der Waals surface area contributed by atoms with E-state index in [0.29, 0.717) is 23.9 Å². The Morgan fingerprint density at radius 2 is 2.06 bits per heavy atom. The van der Waals surface area contributed by atoms with Crippen molar-refractivity contribution in [3.05, 3.63) is 24.2 Å². The number of fused-ring (bicyclic) bond motifs is 4. The first-order chi connectivity index (χ1) is 15.0. The number of hydrogen-bond donors (Lipinski definition) is 1. The number of ether oxygens (including phenoxy) is 2. The van der Waals surface area contributed by atoms with Gasteiger partial charge in [0, 0.05) is 29.8 Å². The van der Waals surface area contributed by atoms with E-state index in [1.807, 2.05) is 6.07 Å². The highest BCUT2D eigenvalue weighted by Gasteiger charge is 2.48. The lowest BCUT2D eigenvalue weighted by Crippen LogP contribution is -2.38. The number of rotatable bonds is 5. The quantitative estimate of drug-likeness (QED) is 0.778. The van der Waals surface area contributed by atoms with Gasteiger partial charge >= 0.3 is 6.61 Å². The highest BCUT2D eigenvalue weighted by atomic mass is 19.3. The van der Waals surface area contributed by atoms with Gasteiger partial charge in [0.05, 0.1) is 24.4 Å². The maximum Gasteiger partial charge on any atom is 0.387 e. The van der Waals surface area contributed by atoms with E-state index in [0.717, 1.165) is 49.8 Å². The largest absolute Gasteiger partial charge is 0.431 e. The molecule has 6 rings (SSSR count). The summed E-state index contributed by atoms with van der Waals surface area (Å²) >= 11 is 0. The summed E-state index contributed by atoms with van der Waals surface area (Å²) in [6.45, 7) is -1.44. The van der Waals surface area contributed by atoms with Crippen molar-refractivity contribution in [2.75, 3.05) is 23.8 Å². The van der Waals surface area contributed by atoms with Gasteiger partial charge in [0.25, 0.3) is 0 Å². The summed E-state index contributed by atoms with van der Waals surface area (Å²) in [5, 5.41) is 0. The van der Waals surface area contributed by atoms with E-state index in [-0.39, 0.29) is 23.1 Å². The number of hydrogen-bond acceptors (Lipinski definition) is 7. The Morgan fingerprint density at radius 3 is 2.71 bits per heavy atom. The summed E-state index contributed by atoms with van der Waals surface area (Å²) in [6, 6.07) is 3.75. The lowest BCUT2D eigenvalue weighted by molar-refractivity contribution is -0.0494. The summed E-state index contributed by atoms with van der Waals surface area (Å²) in [5.41, 5.74) is 7.02. The van der Waals surface area contributed by atoms with Gasteiger partial charge in [-0.3, -0.25) is 0 Å². The van der Waals surface area contributed by atoms with Crippen molar-refractivity contribution in [3.63, 3.8) is 0 Å². The molecular weight excluding hydrogens is 404 g/mol. The van der Waals surface area contributed by atoms with Crippen molar-refractivity contribution in [1.29, 1.82) is 0 Å². The van der Waals surface area contributed by atoms with Crippen molar-refractivity contribution in [2.45, 2.75) is 62.7 Å². The first-order valence-electron chi connectivity index (χ1n) is 11.0. The first kappa shape index (κ1) is 19.2. The number of alkyl halides is 2. The van der Waals surface area contributed by atoms with Crippen LogP contribution in [0.15, 0.2) is 18.3 Å². The van der Waals surface area contributed by atoms with Gasteiger partial charge in [0.1, 0.15) is 11.6 Å². The van der Waals surface area contributed by atoms with Gasteiger partial charge in [0.15, 0.2) is 11.6 Å². The van der Waals surface area contributed by atoms with Crippen LogP contribution in [0, 0.1) is 5.92 Å². The molecule has 31 heavy (non-hydrogen) atoms. The standard InChI is InChI=1S/C22H25F2N5O2/c23-21(24)31-17-5-13(9-26-19(17)25)16-7-18(29-10-15-6-14(29)11-30-15)28-20(27-16)22-3-1-12(8-22)2-4-22/h5,7,9,12,14-15,21H,1-4,6,8,10-11H2,(H2,25,26). The van der Waals surface area contributed by atoms with E-state index in [2.05, 4.69) is 14.6 Å². The molecule has 2 saturated heterocycles. The zero-order chi connectivity index (χ0) is 21.2. The molecule has 2 saturated carbocycles. The van der Waals surface area contributed by atoms with Gasteiger partial charge in [-0.2, -0.15) is 8.78 Å². The Kier molecular flexibility index (Phi) is 4.31. The Hall–Kier alpha value is -2.55. The summed E-state index contributed by atoms with van der Waals surface area (Å²) in [5.74, 6) is 2.31. The third-order valence-electron chi connectivity index (χ3n) is 7.52. The number of halogens is 2. The van der Waals surface area contributed by atoms with E-state index in [4.69, 9.17) is 20.4 Å². The Labute approximate surface area is 179 Å².